The lowest BCUT2D eigenvalue weighted by atomic mass is 10.0. The van der Waals surface area contributed by atoms with E-state index in [1.165, 1.54) is 30.4 Å². The van der Waals surface area contributed by atoms with Crippen LogP contribution in [0.5, 0.6) is 5.75 Å². The van der Waals surface area contributed by atoms with Crippen molar-refractivity contribution < 1.29 is 4.52 Å². The summed E-state index contributed by atoms with van der Waals surface area (Å²) < 4.78 is 5.07. The maximum atomic E-state index is 5.07. The Hall–Kier alpha value is -0.550. The Morgan fingerprint density at radius 3 is 2.69 bits per heavy atom. The molecule has 0 aromatic heterocycles. The van der Waals surface area contributed by atoms with Crippen molar-refractivity contribution in [2.45, 2.75) is 33.1 Å². The van der Waals surface area contributed by atoms with E-state index in [0.29, 0.717) is 0 Å². The zero-order valence-electron chi connectivity index (χ0n) is 8.34. The van der Waals surface area contributed by atoms with Gasteiger partial charge in [0.2, 0.25) is 0 Å². The first-order valence-electron chi connectivity index (χ1n) is 4.74. The number of aryl methyl sites for hydroxylation is 2. The van der Waals surface area contributed by atoms with E-state index in [9.17, 15) is 0 Å². The van der Waals surface area contributed by atoms with E-state index in [-0.39, 0.29) is 0 Å². The molecule has 2 heteroatoms. The zero-order chi connectivity index (χ0) is 9.68. The van der Waals surface area contributed by atoms with Crippen LogP contribution in [0.25, 0.3) is 0 Å². The van der Waals surface area contributed by atoms with Crippen LogP contribution >= 0.6 is 9.47 Å². The molecule has 0 spiro atoms. The van der Waals surface area contributed by atoms with Crippen LogP contribution in [-0.4, -0.2) is 0 Å². The molecule has 1 rings (SSSR count). The van der Waals surface area contributed by atoms with Crippen molar-refractivity contribution in [3.8, 4) is 5.75 Å². The van der Waals surface area contributed by atoms with Gasteiger partial charge in [-0.15, -0.1) is 0 Å². The Morgan fingerprint density at radius 2 is 2.15 bits per heavy atom. The minimum Gasteiger partial charge on any atom is -0.480 e. The molecule has 0 amide bonds. The smallest absolute Gasteiger partial charge is 0.122 e. The zero-order valence-corrected chi connectivity index (χ0v) is 9.49. The molecule has 0 saturated carbocycles. The van der Waals surface area contributed by atoms with Crippen LogP contribution in [0, 0.1) is 6.92 Å². The number of hydrogen-bond acceptors (Lipinski definition) is 1. The molecule has 1 aromatic rings. The molecular weight excluding hydrogens is 179 g/mol. The molecule has 0 heterocycles. The number of hydrogen-bond donors (Lipinski definition) is 0. The Labute approximate surface area is 82.8 Å². The molecule has 1 aromatic carbocycles. The number of unbranched alkanes of at least 4 members (excludes halogenated alkanes) is 1. The molecule has 0 fully saturated rings. The minimum atomic E-state index is 0.919. The van der Waals surface area contributed by atoms with Crippen LogP contribution in [0.15, 0.2) is 18.2 Å². The van der Waals surface area contributed by atoms with Crippen molar-refractivity contribution in [1.82, 2.24) is 0 Å². The summed E-state index contributed by atoms with van der Waals surface area (Å²) in [6.07, 6.45) is 3.70. The van der Waals surface area contributed by atoms with Gasteiger partial charge in [0.1, 0.15) is 5.75 Å². The van der Waals surface area contributed by atoms with E-state index in [1.54, 1.807) is 0 Å². The summed E-state index contributed by atoms with van der Waals surface area (Å²) >= 11 is 0. The summed E-state index contributed by atoms with van der Waals surface area (Å²) in [7, 11) is 2.27. The lowest BCUT2D eigenvalue weighted by molar-refractivity contribution is 0.644. The number of benzene rings is 1. The lowest BCUT2D eigenvalue weighted by Crippen LogP contribution is -1.89. The molecule has 72 valence electrons. The first kappa shape index (κ1) is 10.5. The second-order valence-corrected chi connectivity index (χ2v) is 3.55. The minimum absolute atomic E-state index is 0.919. The molecule has 13 heavy (non-hydrogen) atoms. The Kier molecular flexibility index (Phi) is 4.24. The third-order valence-corrected chi connectivity index (χ3v) is 2.52. The van der Waals surface area contributed by atoms with Crippen LogP contribution < -0.4 is 4.52 Å². The van der Waals surface area contributed by atoms with E-state index in [1.807, 2.05) is 6.07 Å². The summed E-state index contributed by atoms with van der Waals surface area (Å²) in [5.41, 5.74) is 2.76. The van der Waals surface area contributed by atoms with Gasteiger partial charge >= 0.3 is 0 Å². The van der Waals surface area contributed by atoms with Crippen molar-refractivity contribution in [2.24, 2.45) is 0 Å². The summed E-state index contributed by atoms with van der Waals surface area (Å²) in [5, 5.41) is 0. The van der Waals surface area contributed by atoms with Gasteiger partial charge < -0.3 is 4.52 Å². The van der Waals surface area contributed by atoms with Gasteiger partial charge in [0.05, 0.1) is 9.47 Å². The second-order valence-electron chi connectivity index (χ2n) is 3.31. The summed E-state index contributed by atoms with van der Waals surface area (Å²) in [5.74, 6) is 0.919. The molecule has 0 aliphatic heterocycles. The van der Waals surface area contributed by atoms with E-state index in [4.69, 9.17) is 4.52 Å². The van der Waals surface area contributed by atoms with Crippen LogP contribution in [0.4, 0.5) is 0 Å². The van der Waals surface area contributed by atoms with E-state index >= 15 is 0 Å². The largest absolute Gasteiger partial charge is 0.480 e. The molecule has 0 aliphatic rings. The van der Waals surface area contributed by atoms with Gasteiger partial charge in [-0.2, -0.15) is 0 Å². The van der Waals surface area contributed by atoms with Gasteiger partial charge in [-0.3, -0.25) is 0 Å². The molecule has 0 bridgehead atoms. The van der Waals surface area contributed by atoms with Crippen molar-refractivity contribution in [2.75, 3.05) is 0 Å². The fourth-order valence-corrected chi connectivity index (χ4v) is 1.54. The summed E-state index contributed by atoms with van der Waals surface area (Å²) in [4.78, 5) is 0. The fourth-order valence-electron chi connectivity index (χ4n) is 1.39. The maximum absolute atomic E-state index is 5.07. The normalized spacial score (nSPS) is 10.1. The molecule has 1 nitrogen and oxygen atoms in total. The predicted octanol–water partition coefficient (Wildman–Crippen LogP) is 3.51. The van der Waals surface area contributed by atoms with Crippen LogP contribution in [-0.2, 0) is 6.42 Å². The van der Waals surface area contributed by atoms with Gasteiger partial charge in [0.15, 0.2) is 0 Å². The fraction of sp³-hybridized carbons (Fsp3) is 0.455. The van der Waals surface area contributed by atoms with Crippen molar-refractivity contribution in [3.05, 3.63) is 29.3 Å². The second kappa shape index (κ2) is 5.24. The van der Waals surface area contributed by atoms with Crippen LogP contribution in [0.1, 0.15) is 30.9 Å². The summed E-state index contributed by atoms with van der Waals surface area (Å²) in [6.45, 7) is 4.35. The van der Waals surface area contributed by atoms with Gasteiger partial charge in [-0.05, 0) is 43.0 Å². The highest BCUT2D eigenvalue weighted by atomic mass is 31.0. The van der Waals surface area contributed by atoms with E-state index < -0.39 is 0 Å². The molecule has 0 N–H and O–H groups in total. The maximum Gasteiger partial charge on any atom is 0.122 e. The highest BCUT2D eigenvalue weighted by Gasteiger charge is 1.99. The highest BCUT2D eigenvalue weighted by molar-refractivity contribution is 7.10. The third-order valence-electron chi connectivity index (χ3n) is 2.25. The molecule has 0 aliphatic carbocycles. The van der Waals surface area contributed by atoms with Gasteiger partial charge in [-0.1, -0.05) is 19.4 Å². The third kappa shape index (κ3) is 3.00. The first-order chi connectivity index (χ1) is 6.27. The topological polar surface area (TPSA) is 9.23 Å². The molecular formula is C11H17OP. The van der Waals surface area contributed by atoms with Crippen molar-refractivity contribution in [3.63, 3.8) is 0 Å². The average Bonchev–Trinajstić information content (AvgIpc) is 2.16. The van der Waals surface area contributed by atoms with Gasteiger partial charge in [-0.25, -0.2) is 0 Å². The first-order valence-corrected chi connectivity index (χ1v) is 5.21. The Balaban J connectivity index is 2.73. The predicted molar refractivity (Wildman–Crippen MR) is 60.1 cm³/mol. The highest BCUT2D eigenvalue weighted by Crippen LogP contribution is 2.19. The average molecular weight is 196 g/mol. The standard InChI is InChI=1S/C11H17OP/c1-3-4-5-10-6-7-11(12-13)8-9(10)2/h6-8H,3-5,13H2,1-2H3. The molecule has 1 atom stereocenters. The van der Waals surface area contributed by atoms with E-state index in [0.717, 1.165) is 5.75 Å². The summed E-state index contributed by atoms with van der Waals surface area (Å²) in [6, 6.07) is 6.26. The van der Waals surface area contributed by atoms with Crippen LogP contribution in [0.2, 0.25) is 0 Å². The lowest BCUT2D eigenvalue weighted by Gasteiger charge is -2.06. The number of rotatable bonds is 4. The monoisotopic (exact) mass is 196 g/mol. The van der Waals surface area contributed by atoms with Crippen molar-refractivity contribution in [1.29, 1.82) is 0 Å². The quantitative estimate of drug-likeness (QED) is 0.669. The Bertz CT molecular complexity index is 271. The van der Waals surface area contributed by atoms with E-state index in [2.05, 4.69) is 35.4 Å². The molecule has 0 radical (unpaired) electrons. The van der Waals surface area contributed by atoms with Crippen LogP contribution in [0.3, 0.4) is 0 Å². The van der Waals surface area contributed by atoms with Gasteiger partial charge in [0.25, 0.3) is 0 Å². The Morgan fingerprint density at radius 1 is 1.38 bits per heavy atom. The molecule has 1 unspecified atom stereocenters. The SMILES string of the molecule is CCCCc1ccc(OP)cc1C. The van der Waals surface area contributed by atoms with Gasteiger partial charge in [0, 0.05) is 0 Å². The van der Waals surface area contributed by atoms with Crippen molar-refractivity contribution >= 4 is 9.47 Å². The molecule has 0 saturated heterocycles.